The summed E-state index contributed by atoms with van der Waals surface area (Å²) in [5, 5.41) is 7.02. The van der Waals surface area contributed by atoms with E-state index in [0.29, 0.717) is 6.04 Å². The van der Waals surface area contributed by atoms with Gasteiger partial charge in [-0.1, -0.05) is 12.8 Å². The van der Waals surface area contributed by atoms with Crippen molar-refractivity contribution in [3.8, 4) is 0 Å². The quantitative estimate of drug-likeness (QED) is 0.277. The molecule has 0 spiro atoms. The van der Waals surface area contributed by atoms with Gasteiger partial charge < -0.3 is 10.6 Å². The van der Waals surface area contributed by atoms with Crippen LogP contribution in [0.2, 0.25) is 0 Å². The first kappa shape index (κ1) is 20.4. The summed E-state index contributed by atoms with van der Waals surface area (Å²) in [5.74, 6) is 2.21. The molecule has 2 rings (SSSR count). The van der Waals surface area contributed by atoms with E-state index in [-0.39, 0.29) is 24.0 Å². The lowest BCUT2D eigenvalue weighted by molar-refractivity contribution is 0.242. The highest BCUT2D eigenvalue weighted by Crippen LogP contribution is 2.26. The van der Waals surface area contributed by atoms with Gasteiger partial charge in [-0.15, -0.1) is 24.0 Å². The maximum Gasteiger partial charge on any atom is 0.191 e. The van der Waals surface area contributed by atoms with Gasteiger partial charge in [0.05, 0.1) is 0 Å². The first-order valence-electron chi connectivity index (χ1n) is 8.61. The van der Waals surface area contributed by atoms with E-state index in [1.165, 1.54) is 50.9 Å². The van der Waals surface area contributed by atoms with Crippen LogP contribution in [0, 0.1) is 0 Å². The number of rotatable bonds is 7. The Morgan fingerprint density at radius 3 is 2.73 bits per heavy atom. The molecule has 22 heavy (non-hydrogen) atoms. The highest BCUT2D eigenvalue weighted by Gasteiger charge is 2.30. The molecule has 1 atom stereocenters. The van der Waals surface area contributed by atoms with Crippen molar-refractivity contribution in [2.75, 3.05) is 38.2 Å². The van der Waals surface area contributed by atoms with Crippen LogP contribution >= 0.6 is 35.7 Å². The molecule has 6 heteroatoms. The van der Waals surface area contributed by atoms with Gasteiger partial charge in [0.15, 0.2) is 5.96 Å². The Bertz CT molecular complexity index is 321. The van der Waals surface area contributed by atoms with Crippen LogP contribution in [0.4, 0.5) is 0 Å². The van der Waals surface area contributed by atoms with Crippen molar-refractivity contribution < 1.29 is 0 Å². The van der Waals surface area contributed by atoms with Crippen LogP contribution in [-0.4, -0.2) is 61.1 Å². The SMILES string of the molecule is CCNC(=NCCCSC)NC1CCN(C2CCCC2)C1.I. The van der Waals surface area contributed by atoms with Crippen molar-refractivity contribution in [2.45, 2.75) is 57.5 Å². The van der Waals surface area contributed by atoms with Crippen LogP contribution < -0.4 is 10.6 Å². The number of hydrogen-bond donors (Lipinski definition) is 2. The van der Waals surface area contributed by atoms with Crippen molar-refractivity contribution in [3.63, 3.8) is 0 Å². The predicted molar refractivity (Wildman–Crippen MR) is 110 cm³/mol. The molecule has 1 aliphatic carbocycles. The normalized spacial score (nSPS) is 23.5. The summed E-state index contributed by atoms with van der Waals surface area (Å²) in [5.41, 5.74) is 0. The first-order chi connectivity index (χ1) is 10.3. The van der Waals surface area contributed by atoms with Crippen molar-refractivity contribution >= 4 is 41.7 Å². The highest BCUT2D eigenvalue weighted by atomic mass is 127. The molecule has 0 bridgehead atoms. The van der Waals surface area contributed by atoms with E-state index >= 15 is 0 Å². The largest absolute Gasteiger partial charge is 0.357 e. The highest BCUT2D eigenvalue weighted by molar-refractivity contribution is 14.0. The van der Waals surface area contributed by atoms with Crippen LogP contribution in [0.3, 0.4) is 0 Å². The second-order valence-electron chi connectivity index (χ2n) is 6.17. The van der Waals surface area contributed by atoms with E-state index in [0.717, 1.165) is 31.5 Å². The fourth-order valence-corrected chi connectivity index (χ4v) is 3.84. The number of halogens is 1. The van der Waals surface area contributed by atoms with Crippen LogP contribution in [0.1, 0.15) is 45.4 Å². The number of nitrogens with zero attached hydrogens (tertiary/aromatic N) is 2. The van der Waals surface area contributed by atoms with Gasteiger partial charge in [-0.2, -0.15) is 11.8 Å². The minimum absolute atomic E-state index is 0. The summed E-state index contributed by atoms with van der Waals surface area (Å²) in [6.45, 7) is 6.45. The molecule has 0 amide bonds. The van der Waals surface area contributed by atoms with Crippen LogP contribution in [-0.2, 0) is 0 Å². The van der Waals surface area contributed by atoms with Crippen LogP contribution in [0.15, 0.2) is 4.99 Å². The molecule has 1 aliphatic heterocycles. The Morgan fingerprint density at radius 2 is 2.05 bits per heavy atom. The summed E-state index contributed by atoms with van der Waals surface area (Å²) >= 11 is 1.90. The van der Waals surface area contributed by atoms with E-state index in [9.17, 15) is 0 Å². The minimum atomic E-state index is 0. The van der Waals surface area contributed by atoms with Crippen molar-refractivity contribution in [2.24, 2.45) is 4.99 Å². The van der Waals surface area contributed by atoms with Gasteiger partial charge in [-0.3, -0.25) is 9.89 Å². The summed E-state index contributed by atoms with van der Waals surface area (Å²) in [6.07, 6.45) is 10.3. The van der Waals surface area contributed by atoms with Gasteiger partial charge in [-0.25, -0.2) is 0 Å². The van der Waals surface area contributed by atoms with Gasteiger partial charge in [0.25, 0.3) is 0 Å². The molecule has 2 N–H and O–H groups in total. The Kier molecular flexibility index (Phi) is 10.9. The number of hydrogen-bond acceptors (Lipinski definition) is 3. The van der Waals surface area contributed by atoms with E-state index in [1.54, 1.807) is 0 Å². The smallest absolute Gasteiger partial charge is 0.191 e. The number of guanidine groups is 1. The third-order valence-corrected chi connectivity index (χ3v) is 5.22. The maximum absolute atomic E-state index is 4.70. The third kappa shape index (κ3) is 6.83. The average molecular weight is 440 g/mol. The average Bonchev–Trinajstić information content (AvgIpc) is 3.14. The standard InChI is InChI=1S/C16H32N4S.HI/c1-3-17-16(18-10-6-12-21-2)19-14-9-11-20(13-14)15-7-4-5-8-15;/h14-15H,3-13H2,1-2H3,(H2,17,18,19);1H. The number of nitrogens with one attached hydrogen (secondary N) is 2. The van der Waals surface area contributed by atoms with Crippen LogP contribution in [0.5, 0.6) is 0 Å². The molecule has 4 nitrogen and oxygen atoms in total. The van der Waals surface area contributed by atoms with E-state index in [2.05, 4.69) is 28.7 Å². The van der Waals surface area contributed by atoms with Gasteiger partial charge >= 0.3 is 0 Å². The monoisotopic (exact) mass is 440 g/mol. The van der Waals surface area contributed by atoms with Crippen molar-refractivity contribution in [3.05, 3.63) is 0 Å². The molecule has 0 aromatic heterocycles. The lowest BCUT2D eigenvalue weighted by Crippen LogP contribution is -2.45. The lowest BCUT2D eigenvalue weighted by atomic mass is 10.2. The Morgan fingerprint density at radius 1 is 1.27 bits per heavy atom. The topological polar surface area (TPSA) is 39.7 Å². The second kappa shape index (κ2) is 11.8. The molecular weight excluding hydrogens is 407 g/mol. The van der Waals surface area contributed by atoms with Gasteiger partial charge in [0.2, 0.25) is 0 Å². The van der Waals surface area contributed by atoms with E-state index in [4.69, 9.17) is 4.99 Å². The zero-order valence-corrected chi connectivity index (χ0v) is 17.3. The van der Waals surface area contributed by atoms with E-state index < -0.39 is 0 Å². The summed E-state index contributed by atoms with van der Waals surface area (Å²) in [4.78, 5) is 7.40. The van der Waals surface area contributed by atoms with E-state index in [1.807, 2.05) is 11.8 Å². The zero-order chi connectivity index (χ0) is 14.9. The minimum Gasteiger partial charge on any atom is -0.357 e. The summed E-state index contributed by atoms with van der Waals surface area (Å²) in [6, 6.07) is 1.43. The predicted octanol–water partition coefficient (Wildman–Crippen LogP) is 2.93. The summed E-state index contributed by atoms with van der Waals surface area (Å²) in [7, 11) is 0. The molecule has 1 saturated heterocycles. The number of aliphatic imine (C=N–C) groups is 1. The molecular formula is C16H33IN4S. The third-order valence-electron chi connectivity index (χ3n) is 4.52. The molecule has 130 valence electrons. The van der Waals surface area contributed by atoms with Gasteiger partial charge in [-0.05, 0) is 44.6 Å². The summed E-state index contributed by atoms with van der Waals surface area (Å²) < 4.78 is 0. The molecule has 2 fully saturated rings. The number of likely N-dealkylation sites (tertiary alicyclic amines) is 1. The molecule has 2 aliphatic rings. The Balaban J connectivity index is 0.00000242. The van der Waals surface area contributed by atoms with Crippen molar-refractivity contribution in [1.82, 2.24) is 15.5 Å². The molecule has 1 heterocycles. The Hall–Kier alpha value is 0.310. The second-order valence-corrected chi connectivity index (χ2v) is 7.16. The first-order valence-corrected chi connectivity index (χ1v) is 10.0. The fourth-order valence-electron chi connectivity index (χ4n) is 3.42. The van der Waals surface area contributed by atoms with Gasteiger partial charge in [0.1, 0.15) is 0 Å². The molecule has 1 saturated carbocycles. The van der Waals surface area contributed by atoms with Crippen LogP contribution in [0.25, 0.3) is 0 Å². The fraction of sp³-hybridized carbons (Fsp3) is 0.938. The molecule has 0 aromatic rings. The number of thioether (sulfide) groups is 1. The van der Waals surface area contributed by atoms with Crippen molar-refractivity contribution in [1.29, 1.82) is 0 Å². The maximum atomic E-state index is 4.70. The molecule has 0 radical (unpaired) electrons. The molecule has 1 unspecified atom stereocenters. The molecule has 0 aromatic carbocycles. The lowest BCUT2D eigenvalue weighted by Gasteiger charge is -2.24. The zero-order valence-electron chi connectivity index (χ0n) is 14.1. The van der Waals surface area contributed by atoms with Gasteiger partial charge in [0, 0.05) is 38.3 Å². The Labute approximate surface area is 157 Å².